The predicted molar refractivity (Wildman–Crippen MR) is 127 cm³/mol. The van der Waals surface area contributed by atoms with Gasteiger partial charge in [-0.15, -0.1) is 0 Å². The van der Waals surface area contributed by atoms with Crippen LogP contribution in [0.4, 0.5) is 0 Å². The highest BCUT2D eigenvalue weighted by Gasteiger charge is 2.51. The molecule has 2 heterocycles. The van der Waals surface area contributed by atoms with E-state index in [2.05, 4.69) is 29.0 Å². The second-order valence-electron chi connectivity index (χ2n) is 9.81. The van der Waals surface area contributed by atoms with Crippen LogP contribution in [0.3, 0.4) is 0 Å². The maximum Gasteiger partial charge on any atom is 0.262 e. The molecule has 180 valence electrons. The molecule has 0 radical (unpaired) electrons. The summed E-state index contributed by atoms with van der Waals surface area (Å²) in [6.07, 6.45) is 8.45. The molecule has 33 heavy (non-hydrogen) atoms. The molecule has 2 aliphatic rings. The zero-order chi connectivity index (χ0) is 23.7. The third-order valence-corrected chi connectivity index (χ3v) is 9.22. The monoisotopic (exact) mass is 473 g/mol. The molecule has 1 saturated heterocycles. The van der Waals surface area contributed by atoms with Gasteiger partial charge in [0.2, 0.25) is 0 Å². The average Bonchev–Trinajstić information content (AvgIpc) is 3.27. The summed E-state index contributed by atoms with van der Waals surface area (Å²) in [4.78, 5) is 19.5. The van der Waals surface area contributed by atoms with Crippen LogP contribution in [0.25, 0.3) is 0 Å². The number of imidazole rings is 1. The minimum Gasteiger partial charge on any atom is -0.345 e. The van der Waals surface area contributed by atoms with Gasteiger partial charge in [0.15, 0.2) is 5.03 Å². The summed E-state index contributed by atoms with van der Waals surface area (Å²) in [5.41, 5.74) is -0.0263. The van der Waals surface area contributed by atoms with E-state index in [0.717, 1.165) is 25.7 Å². The van der Waals surface area contributed by atoms with Crippen LogP contribution < -0.4 is 5.32 Å². The molecular weight excluding hydrogens is 438 g/mol. The number of amides is 1. The van der Waals surface area contributed by atoms with Crippen molar-refractivity contribution in [1.82, 2.24) is 24.1 Å². The Morgan fingerprint density at radius 1 is 1.03 bits per heavy atom. The first-order chi connectivity index (χ1) is 15.7. The standard InChI is InChI=1S/C24H35N5O3S/c1-23(2,26-22(30)20-10-6-4-7-11-20)24(12-8-5-9-13-24)28-14-16-29(17-15-28)33(31,32)21-18-27(3)19-25-21/h4,6-7,10-11,18-19H,5,8-9,12-17H2,1-3H3,(H,26,30). The molecule has 1 aromatic carbocycles. The maximum absolute atomic E-state index is 13.0. The zero-order valence-electron chi connectivity index (χ0n) is 19.8. The third kappa shape index (κ3) is 4.58. The first-order valence-electron chi connectivity index (χ1n) is 11.8. The minimum absolute atomic E-state index is 0.0677. The van der Waals surface area contributed by atoms with Crippen LogP contribution >= 0.6 is 0 Å². The molecule has 2 fully saturated rings. The molecule has 1 aliphatic heterocycles. The summed E-state index contributed by atoms with van der Waals surface area (Å²) < 4.78 is 29.3. The molecule has 0 spiro atoms. The van der Waals surface area contributed by atoms with Crippen molar-refractivity contribution in [3.8, 4) is 0 Å². The van der Waals surface area contributed by atoms with Crippen LogP contribution in [0.2, 0.25) is 0 Å². The highest BCUT2D eigenvalue weighted by atomic mass is 32.2. The lowest BCUT2D eigenvalue weighted by atomic mass is 9.68. The van der Waals surface area contributed by atoms with Gasteiger partial charge in [-0.2, -0.15) is 4.31 Å². The van der Waals surface area contributed by atoms with Crippen molar-refractivity contribution in [3.05, 3.63) is 48.4 Å². The van der Waals surface area contributed by atoms with Crippen LogP contribution in [0.1, 0.15) is 56.3 Å². The summed E-state index contributed by atoms with van der Waals surface area (Å²) in [5.74, 6) is -0.0677. The first kappa shape index (κ1) is 23.9. The normalized spacial score (nSPS) is 20.5. The van der Waals surface area contributed by atoms with Gasteiger partial charge < -0.3 is 9.88 Å². The van der Waals surface area contributed by atoms with E-state index in [0.29, 0.717) is 31.7 Å². The van der Waals surface area contributed by atoms with Crippen molar-refractivity contribution >= 4 is 15.9 Å². The lowest BCUT2D eigenvalue weighted by Crippen LogP contribution is -2.71. The average molecular weight is 474 g/mol. The molecule has 0 bridgehead atoms. The molecule has 4 rings (SSSR count). The number of benzene rings is 1. The first-order valence-corrected chi connectivity index (χ1v) is 13.2. The minimum atomic E-state index is -3.60. The molecule has 1 saturated carbocycles. The fraction of sp³-hybridized carbons (Fsp3) is 0.583. The van der Waals surface area contributed by atoms with Gasteiger partial charge in [0.25, 0.3) is 15.9 Å². The van der Waals surface area contributed by atoms with E-state index in [1.165, 1.54) is 17.1 Å². The number of sulfonamides is 1. The van der Waals surface area contributed by atoms with Crippen LogP contribution in [-0.2, 0) is 17.1 Å². The Balaban J connectivity index is 1.52. The van der Waals surface area contributed by atoms with Gasteiger partial charge in [-0.1, -0.05) is 37.5 Å². The summed E-state index contributed by atoms with van der Waals surface area (Å²) in [7, 11) is -1.83. The van der Waals surface area contributed by atoms with Gasteiger partial charge in [0, 0.05) is 50.5 Å². The lowest BCUT2D eigenvalue weighted by Gasteiger charge is -2.57. The van der Waals surface area contributed by atoms with E-state index >= 15 is 0 Å². The fourth-order valence-electron chi connectivity index (χ4n) is 5.55. The molecule has 9 heteroatoms. The lowest BCUT2D eigenvalue weighted by molar-refractivity contribution is -0.0332. The summed E-state index contributed by atoms with van der Waals surface area (Å²) in [6.45, 7) is 6.35. The molecule has 1 N–H and O–H groups in total. The van der Waals surface area contributed by atoms with E-state index in [4.69, 9.17) is 0 Å². The molecular formula is C24H35N5O3S. The Hall–Kier alpha value is -2.23. The molecule has 1 aliphatic carbocycles. The highest BCUT2D eigenvalue weighted by Crippen LogP contribution is 2.42. The van der Waals surface area contributed by atoms with Crippen molar-refractivity contribution in [2.75, 3.05) is 26.2 Å². The number of aryl methyl sites for hydroxylation is 1. The van der Waals surface area contributed by atoms with Gasteiger partial charge in [0.1, 0.15) is 0 Å². The molecule has 1 aromatic heterocycles. The Bertz CT molecular complexity index is 1070. The van der Waals surface area contributed by atoms with Crippen molar-refractivity contribution in [3.63, 3.8) is 0 Å². The van der Waals surface area contributed by atoms with Crippen LogP contribution in [0.5, 0.6) is 0 Å². The SMILES string of the molecule is Cn1cnc(S(=O)(=O)N2CCN(C3(C(C)(C)NC(=O)c4ccccc4)CCCCC3)CC2)c1. The quantitative estimate of drug-likeness (QED) is 0.697. The topological polar surface area (TPSA) is 87.5 Å². The Kier molecular flexibility index (Phi) is 6.66. The summed E-state index contributed by atoms with van der Waals surface area (Å²) in [6, 6.07) is 9.32. The summed E-state index contributed by atoms with van der Waals surface area (Å²) in [5, 5.41) is 3.42. The van der Waals surface area contributed by atoms with Gasteiger partial charge in [-0.25, -0.2) is 13.4 Å². The van der Waals surface area contributed by atoms with Gasteiger partial charge in [-0.3, -0.25) is 9.69 Å². The number of aromatic nitrogens is 2. The predicted octanol–water partition coefficient (Wildman–Crippen LogP) is 2.64. The van der Waals surface area contributed by atoms with Gasteiger partial charge >= 0.3 is 0 Å². The van der Waals surface area contributed by atoms with Crippen LogP contribution in [0, 0.1) is 0 Å². The number of carbonyl (C=O) groups is 1. The Morgan fingerprint density at radius 3 is 2.24 bits per heavy atom. The van der Waals surface area contributed by atoms with Crippen molar-refractivity contribution < 1.29 is 13.2 Å². The van der Waals surface area contributed by atoms with Crippen LogP contribution in [0.15, 0.2) is 47.9 Å². The Labute approximate surface area is 197 Å². The number of nitrogens with zero attached hydrogens (tertiary/aromatic N) is 4. The van der Waals surface area contributed by atoms with Crippen LogP contribution in [-0.4, -0.2) is 70.3 Å². The van der Waals surface area contributed by atoms with Gasteiger partial charge in [0.05, 0.1) is 11.9 Å². The maximum atomic E-state index is 13.0. The van der Waals surface area contributed by atoms with E-state index in [1.54, 1.807) is 17.8 Å². The smallest absolute Gasteiger partial charge is 0.262 e. The molecule has 0 unspecified atom stereocenters. The summed E-state index contributed by atoms with van der Waals surface area (Å²) >= 11 is 0. The molecule has 2 aromatic rings. The largest absolute Gasteiger partial charge is 0.345 e. The number of carbonyl (C=O) groups excluding carboxylic acids is 1. The third-order valence-electron chi connectivity index (χ3n) is 7.44. The highest BCUT2D eigenvalue weighted by molar-refractivity contribution is 7.89. The van der Waals surface area contributed by atoms with Crippen molar-refractivity contribution in [2.45, 2.75) is 62.1 Å². The zero-order valence-corrected chi connectivity index (χ0v) is 20.6. The molecule has 8 nitrogen and oxygen atoms in total. The number of hydrogen-bond acceptors (Lipinski definition) is 5. The van der Waals surface area contributed by atoms with Gasteiger partial charge in [-0.05, 0) is 38.8 Å². The van der Waals surface area contributed by atoms with Crippen molar-refractivity contribution in [1.29, 1.82) is 0 Å². The van der Waals surface area contributed by atoms with E-state index in [9.17, 15) is 13.2 Å². The number of piperazine rings is 1. The number of rotatable bonds is 6. The van der Waals surface area contributed by atoms with E-state index < -0.39 is 15.6 Å². The molecule has 0 atom stereocenters. The second kappa shape index (κ2) is 9.19. The second-order valence-corrected chi connectivity index (χ2v) is 11.7. The molecule has 1 amide bonds. The number of nitrogens with one attached hydrogen (secondary N) is 1. The van der Waals surface area contributed by atoms with E-state index in [-0.39, 0.29) is 16.5 Å². The number of hydrogen-bond donors (Lipinski definition) is 1. The van der Waals surface area contributed by atoms with Crippen molar-refractivity contribution in [2.24, 2.45) is 7.05 Å². The fourth-order valence-corrected chi connectivity index (χ4v) is 6.93. The Morgan fingerprint density at radius 2 is 1.67 bits per heavy atom. The van der Waals surface area contributed by atoms with E-state index in [1.807, 2.05) is 30.3 Å².